The molecule has 0 aliphatic carbocycles. The lowest BCUT2D eigenvalue weighted by Crippen LogP contribution is -2.29. The molecule has 5 rings (SSSR count). The Morgan fingerprint density at radius 3 is 0.750 bits per heavy atom. The molecule has 0 bridgehead atoms. The van der Waals surface area contributed by atoms with Crippen LogP contribution in [-0.4, -0.2) is 76.7 Å². The first-order chi connectivity index (χ1) is 29.1. The van der Waals surface area contributed by atoms with Gasteiger partial charge < -0.3 is 37.9 Å². The van der Waals surface area contributed by atoms with Gasteiger partial charge in [0.1, 0.15) is 75.9 Å². The van der Waals surface area contributed by atoms with Gasteiger partial charge >= 0.3 is 23.9 Å². The summed E-state index contributed by atoms with van der Waals surface area (Å²) in [5, 5.41) is 1.51. The molecule has 0 saturated carbocycles. The molecular weight excluding hydrogens is 862 g/mol. The van der Waals surface area contributed by atoms with Gasteiger partial charge in [-0.25, -0.2) is 19.2 Å². The maximum Gasteiger partial charge on any atom is 0.346 e. The molecule has 0 aliphatic rings. The quantitative estimate of drug-likeness (QED) is 0.0341. The molecule has 0 aromatic heterocycles. The summed E-state index contributed by atoms with van der Waals surface area (Å²) in [6.45, 7) is -1.38. The first kappa shape index (κ1) is 45.2. The van der Waals surface area contributed by atoms with Crippen LogP contribution in [0.4, 0.5) is 0 Å². The van der Waals surface area contributed by atoms with Crippen molar-refractivity contribution in [3.8, 4) is 23.0 Å². The Balaban J connectivity index is 1.36. The largest absolute Gasteiger partial charge is 0.488 e. The van der Waals surface area contributed by atoms with Crippen molar-refractivity contribution in [1.82, 2.24) is 0 Å². The lowest BCUT2D eigenvalue weighted by atomic mass is 10.1. The monoisotopic (exact) mass is 896 g/mol. The van der Waals surface area contributed by atoms with Crippen LogP contribution in [0.3, 0.4) is 0 Å². The average molecular weight is 899 g/mol. The summed E-state index contributed by atoms with van der Waals surface area (Å²) >= 11 is 24.6. The number of halogens is 4. The minimum absolute atomic E-state index is 0.0372. The van der Waals surface area contributed by atoms with E-state index in [1.54, 1.807) is 97.1 Å². The van der Waals surface area contributed by atoms with E-state index < -0.39 is 35.0 Å². The van der Waals surface area contributed by atoms with Crippen LogP contribution in [0, 0.1) is 0 Å². The normalized spacial score (nSPS) is 10.5. The van der Waals surface area contributed by atoms with Gasteiger partial charge in [-0.15, -0.1) is 0 Å². The van der Waals surface area contributed by atoms with Crippen LogP contribution in [0.2, 0.25) is 20.1 Å². The predicted molar refractivity (Wildman–Crippen MR) is 224 cm³/mol. The summed E-state index contributed by atoms with van der Waals surface area (Å²) in [5.74, 6) is -2.66. The van der Waals surface area contributed by atoms with Crippen molar-refractivity contribution in [2.45, 2.75) is 0 Å². The van der Waals surface area contributed by atoms with E-state index in [9.17, 15) is 19.2 Å². The summed E-state index contributed by atoms with van der Waals surface area (Å²) in [7, 11) is 0. The van der Waals surface area contributed by atoms with Crippen LogP contribution in [0.15, 0.2) is 121 Å². The van der Waals surface area contributed by atoms with Gasteiger partial charge in [0.25, 0.3) is 0 Å². The Kier molecular flexibility index (Phi) is 17.8. The molecule has 0 spiro atoms. The van der Waals surface area contributed by atoms with Crippen molar-refractivity contribution < 1.29 is 57.1 Å². The minimum Gasteiger partial charge on any atom is -0.488 e. The lowest BCUT2D eigenvalue weighted by molar-refractivity contribution is -0.145. The number of para-hydroxylation sites is 4. The molecule has 0 amide bonds. The zero-order valence-corrected chi connectivity index (χ0v) is 34.6. The molecule has 12 nitrogen and oxygen atoms in total. The van der Waals surface area contributed by atoms with Crippen LogP contribution in [0.5, 0.6) is 23.0 Å². The number of carbonyl (C=O) groups is 4. The highest BCUT2D eigenvalue weighted by Crippen LogP contribution is 2.25. The summed E-state index contributed by atoms with van der Waals surface area (Å²) in [4.78, 5) is 53.8. The van der Waals surface area contributed by atoms with E-state index >= 15 is 0 Å². The molecule has 312 valence electrons. The summed E-state index contributed by atoms with van der Waals surface area (Å²) in [5.41, 5.74) is -0.977. The second-order valence-electron chi connectivity index (χ2n) is 12.0. The number of carbonyl (C=O) groups excluding carboxylic acids is 4. The number of esters is 4. The van der Waals surface area contributed by atoms with Crippen molar-refractivity contribution >= 4 is 81.4 Å². The van der Waals surface area contributed by atoms with Crippen LogP contribution in [-0.2, 0) is 38.1 Å². The van der Waals surface area contributed by atoms with Crippen molar-refractivity contribution in [3.63, 3.8) is 0 Å². The Morgan fingerprint density at radius 2 is 0.533 bits per heavy atom. The van der Waals surface area contributed by atoms with Gasteiger partial charge in [-0.05, 0) is 59.0 Å². The van der Waals surface area contributed by atoms with Crippen molar-refractivity contribution in [1.29, 1.82) is 0 Å². The molecule has 0 radical (unpaired) electrons. The fourth-order valence-corrected chi connectivity index (χ4v) is 5.88. The number of hydrogen-bond acceptors (Lipinski definition) is 12. The topological polar surface area (TPSA) is 142 Å². The van der Waals surface area contributed by atoms with Gasteiger partial charge in [0, 0.05) is 0 Å². The van der Waals surface area contributed by atoms with Gasteiger partial charge in [-0.1, -0.05) is 119 Å². The molecule has 0 heterocycles. The van der Waals surface area contributed by atoms with E-state index in [1.807, 2.05) is 0 Å². The summed E-state index contributed by atoms with van der Waals surface area (Å²) in [6, 6.07) is 32.3. The molecule has 60 heavy (non-hydrogen) atoms. The molecule has 0 fully saturated rings. The molecule has 16 heteroatoms. The number of benzene rings is 5. The maximum atomic E-state index is 13.5. The van der Waals surface area contributed by atoms with Gasteiger partial charge in [-0.3, -0.25) is 0 Å². The van der Waals surface area contributed by atoms with E-state index in [0.29, 0.717) is 43.1 Å². The summed E-state index contributed by atoms with van der Waals surface area (Å²) in [6.07, 6.45) is 0. The fraction of sp³-hybridized carbons (Fsp3) is 0.182. The molecule has 0 atom stereocenters. The third kappa shape index (κ3) is 13.6. The van der Waals surface area contributed by atoms with Crippen molar-refractivity contribution in [2.24, 2.45) is 0 Å². The standard InChI is InChI=1S/C44H36Cl4O12/c45-31-9-1-5-13-35(31)53-21-25-57-41(49)39(42(50)58-26-22-54-36-14-6-2-10-32(36)46)29-17-19-30(20-18-29)40(43(51)59-27-23-55-37-15-7-3-11-33(37)47)44(52)60-28-24-56-38-16-8-4-12-34(38)48/h1-20H,21-28H2. The van der Waals surface area contributed by atoms with Gasteiger partial charge in [0.2, 0.25) is 0 Å². The van der Waals surface area contributed by atoms with E-state index in [-0.39, 0.29) is 63.3 Å². The molecule has 0 aliphatic heterocycles. The first-order valence-electron chi connectivity index (χ1n) is 18.1. The highest BCUT2D eigenvalue weighted by atomic mass is 35.5. The van der Waals surface area contributed by atoms with Crippen molar-refractivity contribution in [3.05, 3.63) is 152 Å². The Hall–Kier alpha value is -5.92. The molecule has 5 aromatic rings. The maximum absolute atomic E-state index is 13.5. The zero-order chi connectivity index (χ0) is 42.7. The average Bonchev–Trinajstić information content (AvgIpc) is 3.24. The number of rotatable bonds is 20. The van der Waals surface area contributed by atoms with Crippen LogP contribution in [0.25, 0.3) is 11.1 Å². The second-order valence-corrected chi connectivity index (χ2v) is 13.6. The Morgan fingerprint density at radius 1 is 0.317 bits per heavy atom. The number of ether oxygens (including phenoxy) is 8. The lowest BCUT2D eigenvalue weighted by Gasteiger charge is -2.12. The third-order valence-electron chi connectivity index (χ3n) is 7.92. The zero-order valence-electron chi connectivity index (χ0n) is 31.6. The van der Waals surface area contributed by atoms with Crippen molar-refractivity contribution in [2.75, 3.05) is 52.9 Å². The van der Waals surface area contributed by atoms with E-state index in [1.165, 1.54) is 24.3 Å². The Bertz CT molecular complexity index is 2080. The highest BCUT2D eigenvalue weighted by Gasteiger charge is 2.25. The molecular formula is C44H36Cl4O12. The van der Waals surface area contributed by atoms with Gasteiger partial charge in [0.05, 0.1) is 20.1 Å². The SMILES string of the molecule is O=C(OCCOc1ccccc1Cl)C(C(=O)OCCOc1ccccc1Cl)=c1ccc(=C(C(=O)OCCOc2ccccc2Cl)C(=O)OCCOc2ccccc2Cl)cc1. The van der Waals surface area contributed by atoms with E-state index in [2.05, 4.69) is 0 Å². The summed E-state index contributed by atoms with van der Waals surface area (Å²) < 4.78 is 43.9. The molecule has 5 aromatic carbocycles. The second kappa shape index (κ2) is 23.6. The van der Waals surface area contributed by atoms with Crippen LogP contribution < -0.4 is 29.4 Å². The van der Waals surface area contributed by atoms with E-state index in [4.69, 9.17) is 84.3 Å². The third-order valence-corrected chi connectivity index (χ3v) is 9.17. The fourth-order valence-electron chi connectivity index (χ4n) is 5.12. The number of hydrogen-bond donors (Lipinski definition) is 0. The van der Waals surface area contributed by atoms with Gasteiger partial charge in [-0.2, -0.15) is 0 Å². The smallest absolute Gasteiger partial charge is 0.346 e. The molecule has 0 unspecified atom stereocenters. The van der Waals surface area contributed by atoms with Gasteiger partial charge in [0.15, 0.2) is 11.1 Å². The first-order valence-corrected chi connectivity index (χ1v) is 19.7. The molecule has 0 N–H and O–H groups in total. The molecule has 0 saturated heterocycles. The van der Waals surface area contributed by atoms with Crippen LogP contribution >= 0.6 is 46.4 Å². The predicted octanol–water partition coefficient (Wildman–Crippen LogP) is 7.09. The minimum atomic E-state index is -1.04. The van der Waals surface area contributed by atoms with E-state index in [0.717, 1.165) is 0 Å². The van der Waals surface area contributed by atoms with Crippen LogP contribution in [0.1, 0.15) is 0 Å². The highest BCUT2D eigenvalue weighted by molar-refractivity contribution is 6.37. The Labute approximate surface area is 364 Å².